The van der Waals surface area contributed by atoms with Gasteiger partial charge in [0.2, 0.25) is 0 Å². The maximum atomic E-state index is 12.2. The summed E-state index contributed by atoms with van der Waals surface area (Å²) in [6, 6.07) is 5.46. The molecule has 0 bridgehead atoms. The fraction of sp³-hybridized carbons (Fsp3) is 0.267. The van der Waals surface area contributed by atoms with Crippen molar-refractivity contribution in [3.63, 3.8) is 0 Å². The van der Waals surface area contributed by atoms with Crippen molar-refractivity contribution in [3.05, 3.63) is 42.7 Å². The minimum absolute atomic E-state index is 0.0932. The summed E-state index contributed by atoms with van der Waals surface area (Å²) in [5.41, 5.74) is 0.943. The third-order valence-electron chi connectivity index (χ3n) is 2.79. The summed E-state index contributed by atoms with van der Waals surface area (Å²) in [6.45, 7) is 3.64. The third kappa shape index (κ3) is 4.08. The largest absolute Gasteiger partial charge is 0.384 e. The zero-order valence-corrected chi connectivity index (χ0v) is 14.0. The summed E-state index contributed by atoms with van der Waals surface area (Å²) in [6.07, 6.45) is 0. The molecule has 2 aromatic rings. The second-order valence-electron chi connectivity index (χ2n) is 4.42. The molecule has 0 spiro atoms. The monoisotopic (exact) mass is 339 g/mol. The molecule has 0 aliphatic rings. The van der Waals surface area contributed by atoms with Crippen molar-refractivity contribution in [1.82, 2.24) is 5.32 Å². The van der Waals surface area contributed by atoms with E-state index >= 15 is 0 Å². The van der Waals surface area contributed by atoms with E-state index in [1.165, 1.54) is 22.7 Å². The van der Waals surface area contributed by atoms with Crippen LogP contribution in [0.5, 0.6) is 0 Å². The first-order valence-electron chi connectivity index (χ1n) is 6.27. The Morgan fingerprint density at radius 3 is 2.86 bits per heavy atom. The van der Waals surface area contributed by atoms with E-state index in [2.05, 4.69) is 17.2 Å². The summed E-state index contributed by atoms with van der Waals surface area (Å²) < 4.78 is 0.708. The van der Waals surface area contributed by atoms with Crippen molar-refractivity contribution in [2.75, 3.05) is 6.61 Å². The van der Waals surface area contributed by atoms with Crippen molar-refractivity contribution in [3.8, 4) is 11.8 Å². The van der Waals surface area contributed by atoms with Crippen molar-refractivity contribution >= 4 is 40.2 Å². The number of thiophene rings is 2. The Bertz CT molecular complexity index is 709. The summed E-state index contributed by atoms with van der Waals surface area (Å²) in [5.74, 6) is 5.32. The highest BCUT2D eigenvalue weighted by molar-refractivity contribution is 7.16. The molecule has 0 aromatic carbocycles. The van der Waals surface area contributed by atoms with Gasteiger partial charge in [0, 0.05) is 4.88 Å². The molecule has 0 fully saturated rings. The maximum Gasteiger partial charge on any atom is 0.261 e. The Morgan fingerprint density at radius 1 is 1.48 bits per heavy atom. The van der Waals surface area contributed by atoms with E-state index in [0.29, 0.717) is 9.21 Å². The van der Waals surface area contributed by atoms with Crippen molar-refractivity contribution < 1.29 is 9.90 Å². The van der Waals surface area contributed by atoms with E-state index in [-0.39, 0.29) is 18.6 Å². The molecule has 2 aromatic heterocycles. The number of carbonyl (C=O) groups excluding carboxylic acids is 1. The molecule has 1 atom stereocenters. The molecule has 0 saturated carbocycles. The molecule has 1 unspecified atom stereocenters. The third-order valence-corrected chi connectivity index (χ3v) is 5.36. The van der Waals surface area contributed by atoms with E-state index in [1.54, 1.807) is 0 Å². The van der Waals surface area contributed by atoms with Gasteiger partial charge in [-0.3, -0.25) is 4.79 Å². The lowest BCUT2D eigenvalue weighted by Gasteiger charge is -2.10. The Morgan fingerprint density at radius 2 is 2.24 bits per heavy atom. The zero-order chi connectivity index (χ0) is 15.4. The van der Waals surface area contributed by atoms with Crippen LogP contribution in [0, 0.1) is 18.8 Å². The summed E-state index contributed by atoms with van der Waals surface area (Å²) in [7, 11) is 0. The van der Waals surface area contributed by atoms with Crippen LogP contribution in [0.25, 0.3) is 0 Å². The minimum Gasteiger partial charge on any atom is -0.384 e. The number of carbonyl (C=O) groups is 1. The van der Waals surface area contributed by atoms with Gasteiger partial charge < -0.3 is 10.4 Å². The molecule has 21 heavy (non-hydrogen) atoms. The summed E-state index contributed by atoms with van der Waals surface area (Å²) in [5, 5.41) is 11.7. The van der Waals surface area contributed by atoms with Gasteiger partial charge >= 0.3 is 0 Å². The van der Waals surface area contributed by atoms with Gasteiger partial charge in [-0.2, -0.15) is 0 Å². The predicted molar refractivity (Wildman–Crippen MR) is 88.2 cm³/mol. The number of halogens is 1. The molecule has 2 heterocycles. The molecule has 110 valence electrons. The first-order valence-corrected chi connectivity index (χ1v) is 8.28. The lowest BCUT2D eigenvalue weighted by Crippen LogP contribution is -2.25. The molecule has 2 N–H and O–H groups in total. The molecule has 0 aliphatic carbocycles. The minimum atomic E-state index is -0.185. The van der Waals surface area contributed by atoms with Crippen LogP contribution in [-0.2, 0) is 0 Å². The lowest BCUT2D eigenvalue weighted by molar-refractivity contribution is 0.0944. The molecule has 0 aliphatic heterocycles. The molecular weight excluding hydrogens is 326 g/mol. The topological polar surface area (TPSA) is 49.3 Å². The normalized spacial score (nSPS) is 11.6. The number of aliphatic hydroxyl groups excluding tert-OH is 1. The van der Waals surface area contributed by atoms with Crippen LogP contribution >= 0.6 is 34.3 Å². The van der Waals surface area contributed by atoms with Gasteiger partial charge in [-0.1, -0.05) is 23.4 Å². The Labute approximate surface area is 136 Å². The molecule has 1 amide bonds. The Balaban J connectivity index is 2.10. The SMILES string of the molecule is Cc1cc(C(=O)NC(C)c2ccc(Cl)s2)sc1C#CCO. The number of amides is 1. The molecule has 3 nitrogen and oxygen atoms in total. The van der Waals surface area contributed by atoms with Crippen LogP contribution in [-0.4, -0.2) is 17.6 Å². The second kappa shape index (κ2) is 7.10. The van der Waals surface area contributed by atoms with Crippen molar-refractivity contribution in [1.29, 1.82) is 0 Å². The van der Waals surface area contributed by atoms with Gasteiger partial charge in [-0.15, -0.1) is 22.7 Å². The van der Waals surface area contributed by atoms with Crippen LogP contribution in [0.2, 0.25) is 4.34 Å². The number of nitrogens with one attached hydrogen (secondary N) is 1. The zero-order valence-electron chi connectivity index (χ0n) is 11.6. The quantitative estimate of drug-likeness (QED) is 0.839. The highest BCUT2D eigenvalue weighted by Gasteiger charge is 2.16. The van der Waals surface area contributed by atoms with Crippen LogP contribution in [0.15, 0.2) is 18.2 Å². The predicted octanol–water partition coefficient (Wildman–Crippen LogP) is 3.61. The van der Waals surface area contributed by atoms with Crippen LogP contribution in [0.1, 0.15) is 38.0 Å². The molecule has 2 rings (SSSR count). The average molecular weight is 340 g/mol. The number of hydrogen-bond acceptors (Lipinski definition) is 4. The lowest BCUT2D eigenvalue weighted by atomic mass is 10.2. The van der Waals surface area contributed by atoms with Gasteiger partial charge in [-0.05, 0) is 37.6 Å². The van der Waals surface area contributed by atoms with Crippen LogP contribution < -0.4 is 5.32 Å². The number of rotatable bonds is 3. The van der Waals surface area contributed by atoms with E-state index in [0.717, 1.165) is 15.3 Å². The smallest absolute Gasteiger partial charge is 0.261 e. The highest BCUT2D eigenvalue weighted by atomic mass is 35.5. The molecule has 6 heteroatoms. The van der Waals surface area contributed by atoms with Gasteiger partial charge in [0.1, 0.15) is 6.61 Å². The number of aryl methyl sites for hydroxylation is 1. The van der Waals surface area contributed by atoms with Gasteiger partial charge in [0.15, 0.2) is 0 Å². The number of hydrogen-bond donors (Lipinski definition) is 2. The fourth-order valence-corrected chi connectivity index (χ4v) is 3.75. The van der Waals surface area contributed by atoms with Gasteiger partial charge in [0.25, 0.3) is 5.91 Å². The van der Waals surface area contributed by atoms with Gasteiger partial charge in [0.05, 0.1) is 20.1 Å². The van der Waals surface area contributed by atoms with Crippen LogP contribution in [0.3, 0.4) is 0 Å². The standard InChI is InChI=1S/C15H14ClNO2S2/c1-9-8-13(20-11(9)4-3-7-18)15(19)17-10(2)12-5-6-14(16)21-12/h5-6,8,10,18H,7H2,1-2H3,(H,17,19). The van der Waals surface area contributed by atoms with E-state index in [1.807, 2.05) is 32.0 Å². The average Bonchev–Trinajstić information content (AvgIpc) is 3.03. The first-order chi connectivity index (χ1) is 10.0. The maximum absolute atomic E-state index is 12.2. The van der Waals surface area contributed by atoms with Gasteiger partial charge in [-0.25, -0.2) is 0 Å². The van der Waals surface area contributed by atoms with Crippen molar-refractivity contribution in [2.45, 2.75) is 19.9 Å². The summed E-state index contributed by atoms with van der Waals surface area (Å²) >= 11 is 8.69. The molecular formula is C15H14ClNO2S2. The Hall–Kier alpha value is -1.32. The fourth-order valence-electron chi connectivity index (χ4n) is 1.74. The second-order valence-corrected chi connectivity index (χ2v) is 7.22. The van der Waals surface area contributed by atoms with Crippen molar-refractivity contribution in [2.24, 2.45) is 0 Å². The molecule has 0 radical (unpaired) electrons. The van der Waals surface area contributed by atoms with Crippen LogP contribution in [0.4, 0.5) is 0 Å². The summed E-state index contributed by atoms with van der Waals surface area (Å²) in [4.78, 5) is 14.7. The highest BCUT2D eigenvalue weighted by Crippen LogP contribution is 2.27. The Kier molecular flexibility index (Phi) is 5.43. The van der Waals surface area contributed by atoms with E-state index < -0.39 is 0 Å². The van der Waals surface area contributed by atoms with E-state index in [4.69, 9.17) is 16.7 Å². The first kappa shape index (κ1) is 16.1. The molecule has 0 saturated heterocycles. The number of aliphatic hydroxyl groups is 1. The van der Waals surface area contributed by atoms with E-state index in [9.17, 15) is 4.79 Å².